The molecule has 0 saturated heterocycles. The third kappa shape index (κ3) is 3.64. The number of carbonyl (C=O) groups excluding carboxylic acids is 2. The Morgan fingerprint density at radius 1 is 1.17 bits per heavy atom. The van der Waals surface area contributed by atoms with Crippen LogP contribution in [0.4, 0.5) is 5.69 Å². The van der Waals surface area contributed by atoms with Crippen LogP contribution in [0.25, 0.3) is 22.6 Å². The van der Waals surface area contributed by atoms with Crippen molar-refractivity contribution in [1.82, 2.24) is 0 Å². The van der Waals surface area contributed by atoms with Crippen LogP contribution in [-0.2, 0) is 20.7 Å². The Hall–Kier alpha value is -3.67. The summed E-state index contributed by atoms with van der Waals surface area (Å²) in [6.45, 7) is 3.77. The summed E-state index contributed by atoms with van der Waals surface area (Å²) in [5.74, 6) is -1.25. The Labute approximate surface area is 173 Å². The molecule has 1 aromatic heterocycles. The van der Waals surface area contributed by atoms with E-state index in [1.165, 1.54) is 0 Å². The monoisotopic (exact) mass is 403 g/mol. The predicted octanol–water partition coefficient (Wildman–Crippen LogP) is 4.09. The fraction of sp³-hybridized carbons (Fsp3) is 0.208. The summed E-state index contributed by atoms with van der Waals surface area (Å²) in [5.41, 5.74) is 4.51. The quantitative estimate of drug-likeness (QED) is 0.526. The van der Waals surface area contributed by atoms with Crippen LogP contribution in [-0.4, -0.2) is 18.5 Å². The number of hydrogen-bond donors (Lipinski definition) is 1. The molecule has 1 aliphatic carbocycles. The van der Waals surface area contributed by atoms with Gasteiger partial charge in [-0.25, -0.2) is 4.79 Å². The highest BCUT2D eigenvalue weighted by atomic mass is 16.5. The molecule has 6 nitrogen and oxygen atoms in total. The summed E-state index contributed by atoms with van der Waals surface area (Å²) >= 11 is 0. The Balaban J connectivity index is 1.74. The third-order valence-corrected chi connectivity index (χ3v) is 5.16. The smallest absolute Gasteiger partial charge is 0.397 e. The van der Waals surface area contributed by atoms with Gasteiger partial charge in [-0.05, 0) is 61.6 Å². The molecule has 1 N–H and O–H groups in total. The van der Waals surface area contributed by atoms with Gasteiger partial charge in [0.25, 0.3) is 0 Å². The van der Waals surface area contributed by atoms with Crippen molar-refractivity contribution < 1.29 is 18.7 Å². The molecule has 1 aliphatic rings. The van der Waals surface area contributed by atoms with Crippen LogP contribution < -0.4 is 10.7 Å². The third-order valence-electron chi connectivity index (χ3n) is 5.16. The van der Waals surface area contributed by atoms with Crippen molar-refractivity contribution in [3.63, 3.8) is 0 Å². The summed E-state index contributed by atoms with van der Waals surface area (Å²) in [7, 11) is 0. The summed E-state index contributed by atoms with van der Waals surface area (Å²) in [6.07, 6.45) is 3.42. The van der Waals surface area contributed by atoms with Crippen LogP contribution >= 0.6 is 0 Å². The van der Waals surface area contributed by atoms with Crippen LogP contribution in [0.2, 0.25) is 0 Å². The highest BCUT2D eigenvalue weighted by molar-refractivity contribution is 6.37. The lowest BCUT2D eigenvalue weighted by atomic mass is 10.0. The lowest BCUT2D eigenvalue weighted by Crippen LogP contribution is -2.25. The number of anilines is 1. The summed E-state index contributed by atoms with van der Waals surface area (Å²) < 4.78 is 10.8. The van der Waals surface area contributed by atoms with Crippen LogP contribution in [0.3, 0.4) is 0 Å². The van der Waals surface area contributed by atoms with E-state index in [4.69, 9.17) is 9.15 Å². The van der Waals surface area contributed by atoms with Crippen molar-refractivity contribution in [1.29, 1.82) is 0 Å². The molecule has 152 valence electrons. The Morgan fingerprint density at radius 2 is 1.97 bits per heavy atom. The van der Waals surface area contributed by atoms with Crippen molar-refractivity contribution in [3.8, 4) is 0 Å². The molecule has 0 aliphatic heterocycles. The van der Waals surface area contributed by atoms with Gasteiger partial charge < -0.3 is 14.5 Å². The van der Waals surface area contributed by atoms with Gasteiger partial charge in [-0.3, -0.25) is 9.59 Å². The van der Waals surface area contributed by atoms with E-state index in [9.17, 15) is 14.4 Å². The van der Waals surface area contributed by atoms with Crippen LogP contribution in [0.1, 0.15) is 35.8 Å². The maximum Gasteiger partial charge on any atom is 0.397 e. The van der Waals surface area contributed by atoms with Crippen LogP contribution in [0.5, 0.6) is 0 Å². The highest BCUT2D eigenvalue weighted by Crippen LogP contribution is 2.35. The first kappa shape index (κ1) is 19.6. The molecule has 3 aromatic rings. The van der Waals surface area contributed by atoms with Crippen molar-refractivity contribution in [2.75, 3.05) is 11.9 Å². The normalized spacial score (nSPS) is 14.0. The zero-order valence-electron chi connectivity index (χ0n) is 16.8. The lowest BCUT2D eigenvalue weighted by molar-refractivity contribution is -0.152. The molecule has 1 amide bonds. The number of ether oxygens (including phenoxy) is 1. The van der Waals surface area contributed by atoms with Crippen molar-refractivity contribution in [3.05, 3.63) is 75.1 Å². The predicted molar refractivity (Wildman–Crippen MR) is 115 cm³/mol. The van der Waals surface area contributed by atoms with Crippen LogP contribution in [0.15, 0.2) is 51.7 Å². The van der Waals surface area contributed by atoms with E-state index in [0.717, 1.165) is 23.1 Å². The SMILES string of the molecule is CCOC(=O)C(=O)Nc1ccc2c(=O)c3c(oc2c1)C(=Cc1ccccc1C)CC3. The van der Waals surface area contributed by atoms with E-state index in [1.807, 2.05) is 31.2 Å². The number of hydrogen-bond acceptors (Lipinski definition) is 5. The number of fused-ring (bicyclic) bond motifs is 2. The first-order valence-electron chi connectivity index (χ1n) is 9.82. The fourth-order valence-corrected chi connectivity index (χ4v) is 3.62. The number of carbonyl (C=O) groups is 2. The topological polar surface area (TPSA) is 85.6 Å². The van der Waals surface area contributed by atoms with Gasteiger partial charge in [-0.2, -0.15) is 0 Å². The minimum Gasteiger partial charge on any atom is -0.459 e. The van der Waals surface area contributed by atoms with E-state index in [2.05, 4.69) is 11.4 Å². The molecule has 0 saturated carbocycles. The molecular formula is C24H21NO5. The minimum atomic E-state index is -0.962. The Morgan fingerprint density at radius 3 is 2.73 bits per heavy atom. The minimum absolute atomic E-state index is 0.0669. The van der Waals surface area contributed by atoms with Crippen LogP contribution in [0, 0.1) is 6.92 Å². The maximum absolute atomic E-state index is 13.0. The van der Waals surface area contributed by atoms with E-state index in [0.29, 0.717) is 34.4 Å². The zero-order chi connectivity index (χ0) is 21.3. The number of aryl methyl sites for hydroxylation is 1. The molecule has 0 unspecified atom stereocenters. The summed E-state index contributed by atoms with van der Waals surface area (Å²) in [6, 6.07) is 12.8. The molecular weight excluding hydrogens is 382 g/mol. The van der Waals surface area contributed by atoms with Gasteiger partial charge >= 0.3 is 11.9 Å². The lowest BCUT2D eigenvalue weighted by Gasteiger charge is -2.08. The molecule has 4 rings (SSSR count). The van der Waals surface area contributed by atoms with Gasteiger partial charge in [-0.1, -0.05) is 24.3 Å². The second kappa shape index (κ2) is 7.99. The fourth-order valence-electron chi connectivity index (χ4n) is 3.62. The maximum atomic E-state index is 13.0. The molecule has 30 heavy (non-hydrogen) atoms. The molecule has 0 fully saturated rings. The summed E-state index contributed by atoms with van der Waals surface area (Å²) in [5, 5.41) is 2.92. The zero-order valence-corrected chi connectivity index (χ0v) is 16.8. The van der Waals surface area contributed by atoms with E-state index in [-0.39, 0.29) is 12.0 Å². The van der Waals surface area contributed by atoms with Crippen molar-refractivity contribution in [2.45, 2.75) is 26.7 Å². The molecule has 6 heteroatoms. The summed E-state index contributed by atoms with van der Waals surface area (Å²) in [4.78, 5) is 36.4. The molecule has 1 heterocycles. The number of esters is 1. The van der Waals surface area contributed by atoms with Gasteiger partial charge in [0.1, 0.15) is 11.3 Å². The van der Waals surface area contributed by atoms with Gasteiger partial charge in [0.2, 0.25) is 0 Å². The highest BCUT2D eigenvalue weighted by Gasteiger charge is 2.24. The first-order chi connectivity index (χ1) is 14.5. The molecule has 0 radical (unpaired) electrons. The number of amides is 1. The standard InChI is InChI=1S/C24H21NO5/c1-3-29-24(28)23(27)25-17-9-11-18-20(13-17)30-22-16(8-10-19(22)21(18)26)12-15-7-5-4-6-14(15)2/h4-7,9,11-13H,3,8,10H2,1-2H3,(H,25,27). The average molecular weight is 403 g/mol. The van der Waals surface area contributed by atoms with E-state index >= 15 is 0 Å². The Bertz CT molecular complexity index is 1250. The number of nitrogens with one attached hydrogen (secondary N) is 1. The number of rotatable bonds is 3. The van der Waals surface area contributed by atoms with Gasteiger partial charge in [0.15, 0.2) is 5.43 Å². The van der Waals surface area contributed by atoms with Gasteiger partial charge in [-0.15, -0.1) is 0 Å². The number of benzene rings is 2. The molecule has 2 aromatic carbocycles. The van der Waals surface area contributed by atoms with E-state index < -0.39 is 11.9 Å². The van der Waals surface area contributed by atoms with Crippen molar-refractivity contribution in [2.24, 2.45) is 0 Å². The van der Waals surface area contributed by atoms with Gasteiger partial charge in [0.05, 0.1) is 12.0 Å². The molecule has 0 spiro atoms. The first-order valence-corrected chi connectivity index (χ1v) is 9.82. The Kier molecular flexibility index (Phi) is 5.23. The largest absolute Gasteiger partial charge is 0.459 e. The van der Waals surface area contributed by atoms with E-state index in [1.54, 1.807) is 25.1 Å². The molecule has 0 atom stereocenters. The van der Waals surface area contributed by atoms with Crippen molar-refractivity contribution >= 4 is 40.2 Å². The number of allylic oxidation sites excluding steroid dienone is 1. The second-order valence-electron chi connectivity index (χ2n) is 7.15. The molecule has 0 bridgehead atoms. The van der Waals surface area contributed by atoms with Gasteiger partial charge in [0, 0.05) is 17.3 Å². The average Bonchev–Trinajstić information content (AvgIpc) is 3.12. The second-order valence-corrected chi connectivity index (χ2v) is 7.15.